The van der Waals surface area contributed by atoms with Crippen molar-refractivity contribution in [3.8, 4) is 0 Å². The summed E-state index contributed by atoms with van der Waals surface area (Å²) >= 11 is 0. The molecule has 0 bridgehead atoms. The summed E-state index contributed by atoms with van der Waals surface area (Å²) in [4.78, 5) is 64.4. The molecule has 1 saturated carbocycles. The van der Waals surface area contributed by atoms with Gasteiger partial charge in [-0.3, -0.25) is 24.0 Å². The highest BCUT2D eigenvalue weighted by Crippen LogP contribution is 2.42. The molecule has 0 aromatic heterocycles. The van der Waals surface area contributed by atoms with Crippen molar-refractivity contribution in [1.29, 1.82) is 0 Å². The molecule has 10 nitrogen and oxygen atoms in total. The highest BCUT2D eigenvalue weighted by molar-refractivity contribution is 6.35. The lowest BCUT2D eigenvalue weighted by molar-refractivity contribution is -0.150. The number of rotatable bonds is 6. The van der Waals surface area contributed by atoms with Crippen molar-refractivity contribution in [3.63, 3.8) is 0 Å². The molecule has 1 aliphatic carbocycles. The van der Waals surface area contributed by atoms with Gasteiger partial charge in [0.05, 0.1) is 6.04 Å². The van der Waals surface area contributed by atoms with E-state index in [4.69, 9.17) is 0 Å². The normalized spacial score (nSPS) is 28.1. The molecular formula is C22H34N4O6. The second-order valence-corrected chi connectivity index (χ2v) is 10.2. The van der Waals surface area contributed by atoms with Gasteiger partial charge in [-0.2, -0.15) is 0 Å². The Kier molecular flexibility index (Phi) is 7.22. The first-order chi connectivity index (χ1) is 15.0. The molecule has 0 aromatic carbocycles. The molecule has 32 heavy (non-hydrogen) atoms. The molecule has 3 fully saturated rings. The van der Waals surface area contributed by atoms with Crippen molar-refractivity contribution in [1.82, 2.24) is 20.9 Å². The number of likely N-dealkylation sites (tertiary alicyclic amines) is 1. The molecule has 3 rings (SSSR count). The van der Waals surface area contributed by atoms with Crippen LogP contribution in [0, 0.1) is 17.8 Å². The van der Waals surface area contributed by atoms with Gasteiger partial charge in [-0.05, 0) is 58.3 Å². The van der Waals surface area contributed by atoms with Crippen molar-refractivity contribution in [2.24, 2.45) is 17.8 Å². The number of ketones is 1. The summed E-state index contributed by atoms with van der Waals surface area (Å²) in [7, 11) is 0. The van der Waals surface area contributed by atoms with E-state index in [0.717, 1.165) is 19.3 Å². The molecular weight excluding hydrogens is 416 g/mol. The number of aliphatic hydroxyl groups is 1. The molecule has 4 N–H and O–H groups in total. The molecule has 0 radical (unpaired) electrons. The Labute approximate surface area is 187 Å². The average molecular weight is 451 g/mol. The largest absolute Gasteiger partial charge is 0.389 e. The molecule has 10 heteroatoms. The summed E-state index contributed by atoms with van der Waals surface area (Å²) in [5.41, 5.74) is -0.597. The summed E-state index contributed by atoms with van der Waals surface area (Å²) in [6.45, 7) is 5.38. The van der Waals surface area contributed by atoms with Gasteiger partial charge in [0, 0.05) is 24.5 Å². The number of carbonyl (C=O) groups is 5. The first-order valence-corrected chi connectivity index (χ1v) is 11.4. The molecule has 3 aliphatic rings. The molecule has 0 unspecified atom stereocenters. The molecule has 178 valence electrons. The van der Waals surface area contributed by atoms with Crippen LogP contribution >= 0.6 is 0 Å². The molecule has 4 amide bonds. The molecule has 0 spiro atoms. The van der Waals surface area contributed by atoms with Gasteiger partial charge in [-0.1, -0.05) is 6.42 Å². The lowest BCUT2D eigenvalue weighted by atomic mass is 9.92. The topological polar surface area (TPSA) is 145 Å². The summed E-state index contributed by atoms with van der Waals surface area (Å²) in [6, 6.07) is -1.88. The van der Waals surface area contributed by atoms with Crippen molar-refractivity contribution in [2.45, 2.75) is 70.5 Å². The highest BCUT2D eigenvalue weighted by atomic mass is 16.3. The maximum Gasteiger partial charge on any atom is 0.312 e. The monoisotopic (exact) mass is 450 g/mol. The molecule has 2 heterocycles. The molecule has 2 aliphatic heterocycles. The summed E-state index contributed by atoms with van der Waals surface area (Å²) in [5, 5.41) is 17.4. The van der Waals surface area contributed by atoms with Crippen molar-refractivity contribution in [2.75, 3.05) is 19.7 Å². The van der Waals surface area contributed by atoms with Gasteiger partial charge >= 0.3 is 11.8 Å². The minimum absolute atomic E-state index is 0.0824. The first kappa shape index (κ1) is 24.2. The Bertz CT molecular complexity index is 792. The van der Waals surface area contributed by atoms with Crippen LogP contribution in [0.15, 0.2) is 0 Å². The van der Waals surface area contributed by atoms with Gasteiger partial charge in [-0.15, -0.1) is 0 Å². The molecule has 5 atom stereocenters. The van der Waals surface area contributed by atoms with Crippen molar-refractivity contribution >= 4 is 29.4 Å². The van der Waals surface area contributed by atoms with Crippen LogP contribution in [0.25, 0.3) is 0 Å². The van der Waals surface area contributed by atoms with Gasteiger partial charge in [0.1, 0.15) is 12.6 Å². The van der Waals surface area contributed by atoms with E-state index in [-0.39, 0.29) is 24.2 Å². The second kappa shape index (κ2) is 9.56. The Hall–Kier alpha value is -2.49. The summed E-state index contributed by atoms with van der Waals surface area (Å²) in [5.74, 6) is -3.17. The predicted molar refractivity (Wildman–Crippen MR) is 114 cm³/mol. The fourth-order valence-corrected chi connectivity index (χ4v) is 5.17. The van der Waals surface area contributed by atoms with E-state index in [2.05, 4.69) is 16.0 Å². The van der Waals surface area contributed by atoms with Gasteiger partial charge in [0.25, 0.3) is 0 Å². The van der Waals surface area contributed by atoms with Gasteiger partial charge in [0.2, 0.25) is 11.8 Å². The number of aliphatic hydroxyl groups excluding tert-OH is 1. The second-order valence-electron chi connectivity index (χ2n) is 10.2. The number of Topliss-reactive ketones (excluding diaryl/α,β-unsaturated/α-hetero) is 1. The van der Waals surface area contributed by atoms with E-state index >= 15 is 0 Å². The lowest BCUT2D eigenvalue weighted by Crippen LogP contribution is -2.57. The number of amides is 4. The van der Waals surface area contributed by atoms with Crippen LogP contribution in [-0.4, -0.2) is 76.7 Å². The van der Waals surface area contributed by atoms with Crippen molar-refractivity contribution < 1.29 is 29.1 Å². The van der Waals surface area contributed by atoms with Crippen LogP contribution in [0.1, 0.15) is 52.9 Å². The van der Waals surface area contributed by atoms with E-state index in [1.807, 2.05) is 0 Å². The number of hydrogen-bond acceptors (Lipinski definition) is 6. The Morgan fingerprint density at radius 1 is 1.19 bits per heavy atom. The van der Waals surface area contributed by atoms with Gasteiger partial charge in [0.15, 0.2) is 5.78 Å². The van der Waals surface area contributed by atoms with Crippen LogP contribution in [0.2, 0.25) is 0 Å². The zero-order valence-corrected chi connectivity index (χ0v) is 19.0. The number of carbonyl (C=O) groups excluding carboxylic acids is 5. The maximum absolute atomic E-state index is 13.3. The van der Waals surface area contributed by atoms with E-state index in [1.165, 1.54) is 4.90 Å². The third-order valence-electron chi connectivity index (χ3n) is 6.65. The third-order valence-corrected chi connectivity index (χ3v) is 6.65. The summed E-state index contributed by atoms with van der Waals surface area (Å²) in [6.07, 6.45) is 3.22. The first-order valence-electron chi connectivity index (χ1n) is 11.4. The number of hydrogen-bond donors (Lipinski definition) is 4. The predicted octanol–water partition coefficient (Wildman–Crippen LogP) is -0.899. The van der Waals surface area contributed by atoms with E-state index < -0.39 is 53.7 Å². The van der Waals surface area contributed by atoms with E-state index in [0.29, 0.717) is 19.5 Å². The molecule has 0 aromatic rings. The maximum atomic E-state index is 13.3. The Morgan fingerprint density at radius 2 is 1.91 bits per heavy atom. The quantitative estimate of drug-likeness (QED) is 0.386. The average Bonchev–Trinajstić information content (AvgIpc) is 3.40. The SMILES string of the molecule is CC(C)(C)NC(=O)C(=O)N1C[C@@H]2CCC[C@@H]2[C@H]1C(=O)N[C@@H](C[C@@H]1CCNC1=O)C(=O)CO. The molecule has 2 saturated heterocycles. The number of nitrogens with zero attached hydrogens (tertiary/aromatic N) is 1. The number of fused-ring (bicyclic) bond motifs is 1. The third kappa shape index (κ3) is 5.28. The van der Waals surface area contributed by atoms with E-state index in [9.17, 15) is 29.1 Å². The van der Waals surface area contributed by atoms with Crippen LogP contribution in [0.5, 0.6) is 0 Å². The van der Waals surface area contributed by atoms with Gasteiger partial charge < -0.3 is 26.0 Å². The van der Waals surface area contributed by atoms with Gasteiger partial charge in [-0.25, -0.2) is 0 Å². The van der Waals surface area contributed by atoms with Crippen LogP contribution in [-0.2, 0) is 24.0 Å². The summed E-state index contributed by atoms with van der Waals surface area (Å²) < 4.78 is 0. The Morgan fingerprint density at radius 3 is 2.50 bits per heavy atom. The standard InChI is InChI=1S/C22H34N4O6/c1-22(2,3)25-20(31)21(32)26-10-13-5-4-6-14(13)17(26)19(30)24-15(16(28)11-27)9-12-7-8-23-18(12)29/h12-15,17,27H,4-11H2,1-3H3,(H,23,29)(H,24,30)(H,25,31)/t12-,13-,14-,15-,17-/m0/s1. The minimum atomic E-state index is -1.03. The number of nitrogens with one attached hydrogen (secondary N) is 3. The smallest absolute Gasteiger partial charge is 0.312 e. The van der Waals surface area contributed by atoms with E-state index in [1.54, 1.807) is 20.8 Å². The van der Waals surface area contributed by atoms with Crippen LogP contribution in [0.4, 0.5) is 0 Å². The fourth-order valence-electron chi connectivity index (χ4n) is 5.17. The zero-order valence-electron chi connectivity index (χ0n) is 19.0. The van der Waals surface area contributed by atoms with Crippen LogP contribution < -0.4 is 16.0 Å². The van der Waals surface area contributed by atoms with Crippen molar-refractivity contribution in [3.05, 3.63) is 0 Å². The van der Waals surface area contributed by atoms with Crippen LogP contribution in [0.3, 0.4) is 0 Å². The minimum Gasteiger partial charge on any atom is -0.389 e. The zero-order chi connectivity index (χ0) is 23.6. The fraction of sp³-hybridized carbons (Fsp3) is 0.773. The highest BCUT2D eigenvalue weighted by Gasteiger charge is 2.51. The lowest BCUT2D eigenvalue weighted by Gasteiger charge is -2.30. The Balaban J connectivity index is 1.77.